The minimum Gasteiger partial charge on any atom is -0.388 e. The fourth-order valence-corrected chi connectivity index (χ4v) is 2.74. The Hall–Kier alpha value is -1.65. The molecule has 0 saturated carbocycles. The Kier molecular flexibility index (Phi) is 4.93. The molecular formula is C16H19NO2S. The molecule has 3 nitrogen and oxygen atoms in total. The first-order valence-electron chi connectivity index (χ1n) is 6.63. The molecule has 1 heterocycles. The maximum atomic E-state index is 12.1. The lowest BCUT2D eigenvalue weighted by Gasteiger charge is -2.11. The molecule has 1 aromatic carbocycles. The smallest absolute Gasteiger partial charge is 0.251 e. The largest absolute Gasteiger partial charge is 0.388 e. The van der Waals surface area contributed by atoms with Crippen LogP contribution < -0.4 is 5.32 Å². The maximum absolute atomic E-state index is 12.1. The van der Waals surface area contributed by atoms with Crippen LogP contribution in [0.4, 0.5) is 0 Å². The van der Waals surface area contributed by atoms with Crippen molar-refractivity contribution in [3.05, 3.63) is 57.3 Å². The number of nitrogens with one attached hydrogen (secondary N) is 1. The van der Waals surface area contributed by atoms with E-state index in [2.05, 4.69) is 5.32 Å². The molecule has 0 radical (unpaired) electrons. The average Bonchev–Trinajstić information content (AvgIpc) is 2.95. The number of carbonyl (C=O) groups excluding carboxylic acids is 1. The quantitative estimate of drug-likeness (QED) is 0.888. The van der Waals surface area contributed by atoms with Crippen molar-refractivity contribution in [1.29, 1.82) is 0 Å². The van der Waals surface area contributed by atoms with Crippen molar-refractivity contribution in [3.63, 3.8) is 0 Å². The van der Waals surface area contributed by atoms with E-state index in [1.807, 2.05) is 48.9 Å². The monoisotopic (exact) mass is 289 g/mol. The Morgan fingerprint density at radius 2 is 2.15 bits per heavy atom. The molecule has 0 unspecified atom stereocenters. The van der Waals surface area contributed by atoms with Crippen LogP contribution >= 0.6 is 11.3 Å². The normalized spacial score (nSPS) is 12.2. The fourth-order valence-electron chi connectivity index (χ4n) is 2.03. The number of carbonyl (C=O) groups is 1. The van der Waals surface area contributed by atoms with Crippen molar-refractivity contribution < 1.29 is 9.90 Å². The first-order chi connectivity index (χ1) is 9.58. The van der Waals surface area contributed by atoms with Crippen molar-refractivity contribution >= 4 is 17.2 Å². The van der Waals surface area contributed by atoms with Crippen LogP contribution in [0.5, 0.6) is 0 Å². The SMILES string of the molecule is Cc1ccc(C)c(C(=O)NCC[C@@H](O)c2ccsc2)c1. The van der Waals surface area contributed by atoms with E-state index in [4.69, 9.17) is 0 Å². The van der Waals surface area contributed by atoms with Crippen molar-refractivity contribution in [2.24, 2.45) is 0 Å². The third-order valence-electron chi connectivity index (χ3n) is 3.27. The standard InChI is InChI=1S/C16H19NO2S/c1-11-3-4-12(2)14(9-11)16(19)17-7-5-15(18)13-6-8-20-10-13/h3-4,6,8-10,15,18H,5,7H2,1-2H3,(H,17,19)/t15-/m1/s1. The van der Waals surface area contributed by atoms with Gasteiger partial charge in [-0.05, 0) is 54.3 Å². The van der Waals surface area contributed by atoms with Gasteiger partial charge in [0.15, 0.2) is 0 Å². The molecule has 20 heavy (non-hydrogen) atoms. The molecule has 0 fully saturated rings. The summed E-state index contributed by atoms with van der Waals surface area (Å²) >= 11 is 1.56. The van der Waals surface area contributed by atoms with Gasteiger partial charge >= 0.3 is 0 Å². The molecule has 4 heteroatoms. The summed E-state index contributed by atoms with van der Waals surface area (Å²) in [7, 11) is 0. The van der Waals surface area contributed by atoms with Gasteiger partial charge in [-0.25, -0.2) is 0 Å². The van der Waals surface area contributed by atoms with Gasteiger partial charge in [0.1, 0.15) is 0 Å². The number of aliphatic hydroxyl groups is 1. The molecule has 1 amide bonds. The Bertz CT molecular complexity index is 578. The maximum Gasteiger partial charge on any atom is 0.251 e. The number of hydrogen-bond donors (Lipinski definition) is 2. The molecule has 0 aliphatic carbocycles. The van der Waals surface area contributed by atoms with E-state index in [1.54, 1.807) is 11.3 Å². The topological polar surface area (TPSA) is 49.3 Å². The third-order valence-corrected chi connectivity index (χ3v) is 3.97. The molecule has 2 N–H and O–H groups in total. The van der Waals surface area contributed by atoms with Crippen molar-refractivity contribution in [2.75, 3.05) is 6.54 Å². The summed E-state index contributed by atoms with van der Waals surface area (Å²) in [6.45, 7) is 4.36. The van der Waals surface area contributed by atoms with Crippen LogP contribution in [0.2, 0.25) is 0 Å². The van der Waals surface area contributed by atoms with Crippen molar-refractivity contribution in [1.82, 2.24) is 5.32 Å². The highest BCUT2D eigenvalue weighted by atomic mass is 32.1. The van der Waals surface area contributed by atoms with Gasteiger partial charge in [0, 0.05) is 12.1 Å². The number of benzene rings is 1. The lowest BCUT2D eigenvalue weighted by molar-refractivity contribution is 0.0942. The van der Waals surface area contributed by atoms with Gasteiger partial charge in [-0.15, -0.1) is 0 Å². The second kappa shape index (κ2) is 6.68. The van der Waals surface area contributed by atoms with Gasteiger partial charge in [0.2, 0.25) is 0 Å². The zero-order valence-electron chi connectivity index (χ0n) is 11.7. The van der Waals surface area contributed by atoms with Gasteiger partial charge in [-0.1, -0.05) is 17.7 Å². The van der Waals surface area contributed by atoms with Crippen LogP contribution in [0.25, 0.3) is 0 Å². The van der Waals surface area contributed by atoms with Crippen molar-refractivity contribution in [3.8, 4) is 0 Å². The van der Waals surface area contributed by atoms with Gasteiger partial charge in [0.25, 0.3) is 5.91 Å². The van der Waals surface area contributed by atoms with E-state index >= 15 is 0 Å². The van der Waals surface area contributed by atoms with Gasteiger partial charge < -0.3 is 10.4 Å². The molecule has 0 spiro atoms. The molecule has 0 aliphatic rings. The summed E-state index contributed by atoms with van der Waals surface area (Å²) in [5.41, 5.74) is 3.65. The number of rotatable bonds is 5. The summed E-state index contributed by atoms with van der Waals surface area (Å²) < 4.78 is 0. The second-order valence-corrected chi connectivity index (χ2v) is 5.72. The number of hydrogen-bond acceptors (Lipinski definition) is 3. The van der Waals surface area contributed by atoms with E-state index in [1.165, 1.54) is 0 Å². The van der Waals surface area contributed by atoms with E-state index in [-0.39, 0.29) is 5.91 Å². The minimum absolute atomic E-state index is 0.0799. The highest BCUT2D eigenvalue weighted by Gasteiger charge is 2.11. The number of thiophene rings is 1. The van der Waals surface area contributed by atoms with E-state index in [0.717, 1.165) is 16.7 Å². The van der Waals surface area contributed by atoms with Crippen LogP contribution in [-0.2, 0) is 0 Å². The first-order valence-corrected chi connectivity index (χ1v) is 7.58. The molecule has 0 saturated heterocycles. The Morgan fingerprint density at radius 3 is 2.85 bits per heavy atom. The molecule has 1 aromatic heterocycles. The summed E-state index contributed by atoms with van der Waals surface area (Å²) in [6, 6.07) is 7.73. The van der Waals surface area contributed by atoms with E-state index < -0.39 is 6.10 Å². The highest BCUT2D eigenvalue weighted by molar-refractivity contribution is 7.07. The second-order valence-electron chi connectivity index (χ2n) is 4.94. The van der Waals surface area contributed by atoms with Gasteiger partial charge in [0.05, 0.1) is 6.10 Å². The Balaban J connectivity index is 1.88. The van der Waals surface area contributed by atoms with Crippen LogP contribution in [0.3, 0.4) is 0 Å². The summed E-state index contributed by atoms with van der Waals surface area (Å²) in [5, 5.41) is 16.7. The minimum atomic E-state index is -0.514. The zero-order valence-corrected chi connectivity index (χ0v) is 12.5. The molecule has 0 aliphatic heterocycles. The zero-order chi connectivity index (χ0) is 14.5. The summed E-state index contributed by atoms with van der Waals surface area (Å²) in [5.74, 6) is -0.0799. The van der Waals surface area contributed by atoms with Crippen LogP contribution in [0.15, 0.2) is 35.0 Å². The average molecular weight is 289 g/mol. The fraction of sp³-hybridized carbons (Fsp3) is 0.312. The molecule has 0 bridgehead atoms. The van der Waals surface area contributed by atoms with E-state index in [9.17, 15) is 9.90 Å². The Morgan fingerprint density at radius 1 is 1.35 bits per heavy atom. The summed E-state index contributed by atoms with van der Waals surface area (Å²) in [4.78, 5) is 12.1. The molecule has 2 rings (SSSR count). The molecule has 1 atom stereocenters. The number of aliphatic hydroxyl groups excluding tert-OH is 1. The van der Waals surface area contributed by atoms with E-state index in [0.29, 0.717) is 18.5 Å². The lowest BCUT2D eigenvalue weighted by atomic mass is 10.0. The lowest BCUT2D eigenvalue weighted by Crippen LogP contribution is -2.26. The first kappa shape index (κ1) is 14.8. The molecular weight excluding hydrogens is 270 g/mol. The van der Waals surface area contributed by atoms with Crippen LogP contribution in [-0.4, -0.2) is 17.6 Å². The molecule has 2 aromatic rings. The van der Waals surface area contributed by atoms with Gasteiger partial charge in [-0.3, -0.25) is 4.79 Å². The van der Waals surface area contributed by atoms with Crippen LogP contribution in [0.1, 0.15) is 39.6 Å². The highest BCUT2D eigenvalue weighted by Crippen LogP contribution is 2.18. The Labute approximate surface area is 123 Å². The molecule has 106 valence electrons. The number of amides is 1. The van der Waals surface area contributed by atoms with Gasteiger partial charge in [-0.2, -0.15) is 11.3 Å². The predicted octanol–water partition coefficient (Wildman–Crippen LogP) is 3.22. The summed E-state index contributed by atoms with van der Waals surface area (Å²) in [6.07, 6.45) is 0.00742. The predicted molar refractivity (Wildman–Crippen MR) is 82.1 cm³/mol. The van der Waals surface area contributed by atoms with Crippen LogP contribution in [0, 0.1) is 13.8 Å². The third kappa shape index (κ3) is 3.68. The number of aryl methyl sites for hydroxylation is 2. The van der Waals surface area contributed by atoms with Crippen molar-refractivity contribution in [2.45, 2.75) is 26.4 Å².